The lowest BCUT2D eigenvalue weighted by Crippen LogP contribution is -2.10. The number of hydrogen-bond donors (Lipinski definition) is 3. The Morgan fingerprint density at radius 3 is 1.71 bits per heavy atom. The number of H-pyrrole nitrogens is 3. The predicted molar refractivity (Wildman–Crippen MR) is 128 cm³/mol. The highest BCUT2D eigenvalue weighted by molar-refractivity contribution is 5.91. The Morgan fingerprint density at radius 1 is 0.516 bits per heavy atom. The van der Waals surface area contributed by atoms with Gasteiger partial charge in [-0.3, -0.25) is 0 Å². The number of nitrogens with one attached hydrogen (secondary N) is 3. The van der Waals surface area contributed by atoms with Crippen molar-refractivity contribution in [1.82, 2.24) is 15.0 Å². The Balaban J connectivity index is 1.49. The SMILES string of the molecule is C1=CC(c2c[nH]c3ccccc23)c2c([nH]c3ccccc23)C1c1c[nH]c2ccccc12. The zero-order chi connectivity index (χ0) is 20.4. The topological polar surface area (TPSA) is 47.4 Å². The van der Waals surface area contributed by atoms with Crippen LogP contribution in [-0.2, 0) is 0 Å². The Labute approximate surface area is 179 Å². The molecule has 3 nitrogen and oxygen atoms in total. The standard InChI is InChI=1S/C28H21N3/c1-4-10-24-17(7-1)22(15-29-24)19-13-14-20(23-16-30-25-11-5-2-8-18(23)25)28-27(19)21-9-3-6-12-26(21)31-28/h1-16,19-20,29-31H. The molecule has 0 bridgehead atoms. The molecule has 0 saturated heterocycles. The van der Waals surface area contributed by atoms with Crippen LogP contribution >= 0.6 is 0 Å². The summed E-state index contributed by atoms with van der Waals surface area (Å²) < 4.78 is 0. The van der Waals surface area contributed by atoms with E-state index in [1.54, 1.807) is 0 Å². The number of aromatic nitrogens is 3. The molecule has 0 fully saturated rings. The molecule has 2 atom stereocenters. The summed E-state index contributed by atoms with van der Waals surface area (Å²) >= 11 is 0. The first-order valence-corrected chi connectivity index (χ1v) is 10.8. The van der Waals surface area contributed by atoms with Gasteiger partial charge in [-0.2, -0.15) is 0 Å². The largest absolute Gasteiger partial charge is 0.361 e. The maximum atomic E-state index is 3.78. The highest BCUT2D eigenvalue weighted by Crippen LogP contribution is 2.46. The first-order valence-electron chi connectivity index (χ1n) is 10.8. The lowest BCUT2D eigenvalue weighted by molar-refractivity contribution is 0.880. The van der Waals surface area contributed by atoms with Crippen LogP contribution in [0.1, 0.15) is 34.2 Å². The van der Waals surface area contributed by atoms with E-state index in [0.717, 1.165) is 0 Å². The lowest BCUT2D eigenvalue weighted by atomic mass is 9.79. The monoisotopic (exact) mass is 399 g/mol. The van der Waals surface area contributed by atoms with Gasteiger partial charge in [-0.1, -0.05) is 66.7 Å². The van der Waals surface area contributed by atoms with Crippen LogP contribution in [0.15, 0.2) is 97.3 Å². The van der Waals surface area contributed by atoms with Crippen molar-refractivity contribution in [1.29, 1.82) is 0 Å². The van der Waals surface area contributed by atoms with Gasteiger partial charge in [0.05, 0.1) is 0 Å². The van der Waals surface area contributed by atoms with Crippen LogP contribution in [0.5, 0.6) is 0 Å². The van der Waals surface area contributed by atoms with Crippen molar-refractivity contribution < 1.29 is 0 Å². The molecule has 3 heteroatoms. The molecule has 2 unspecified atom stereocenters. The minimum atomic E-state index is 0.194. The Hall–Kier alpha value is -3.98. The van der Waals surface area contributed by atoms with Gasteiger partial charge in [-0.15, -0.1) is 0 Å². The second kappa shape index (κ2) is 6.26. The van der Waals surface area contributed by atoms with E-state index in [0.29, 0.717) is 0 Å². The third-order valence-electron chi connectivity index (χ3n) is 6.81. The van der Waals surface area contributed by atoms with Crippen LogP contribution in [0, 0.1) is 0 Å². The summed E-state index contributed by atoms with van der Waals surface area (Å²) in [5, 5.41) is 3.88. The van der Waals surface area contributed by atoms with Crippen LogP contribution in [0.3, 0.4) is 0 Å². The zero-order valence-electron chi connectivity index (χ0n) is 16.9. The maximum Gasteiger partial charge on any atom is 0.0459 e. The van der Waals surface area contributed by atoms with Crippen molar-refractivity contribution in [3.05, 3.63) is 120 Å². The molecule has 0 spiro atoms. The highest BCUT2D eigenvalue weighted by Gasteiger charge is 2.31. The number of para-hydroxylation sites is 3. The average molecular weight is 399 g/mol. The molecule has 31 heavy (non-hydrogen) atoms. The van der Waals surface area contributed by atoms with Crippen LogP contribution in [-0.4, -0.2) is 15.0 Å². The third-order valence-corrected chi connectivity index (χ3v) is 6.81. The van der Waals surface area contributed by atoms with Crippen LogP contribution in [0.25, 0.3) is 32.7 Å². The van der Waals surface area contributed by atoms with Crippen LogP contribution < -0.4 is 0 Å². The number of benzene rings is 3. The van der Waals surface area contributed by atoms with Crippen molar-refractivity contribution >= 4 is 32.7 Å². The van der Waals surface area contributed by atoms with Gasteiger partial charge in [0.15, 0.2) is 0 Å². The molecular weight excluding hydrogens is 378 g/mol. The van der Waals surface area contributed by atoms with Crippen LogP contribution in [0.4, 0.5) is 0 Å². The Kier molecular flexibility index (Phi) is 3.39. The van der Waals surface area contributed by atoms with E-state index in [2.05, 4.69) is 112 Å². The van der Waals surface area contributed by atoms with Crippen molar-refractivity contribution in [2.75, 3.05) is 0 Å². The quantitative estimate of drug-likeness (QED) is 0.264. The van der Waals surface area contributed by atoms with E-state index < -0.39 is 0 Å². The molecular formula is C28H21N3. The van der Waals surface area contributed by atoms with E-state index in [4.69, 9.17) is 0 Å². The molecule has 0 radical (unpaired) electrons. The Morgan fingerprint density at radius 2 is 1.03 bits per heavy atom. The molecule has 1 aliphatic rings. The molecule has 6 aromatic rings. The van der Waals surface area contributed by atoms with E-state index in [1.165, 1.54) is 55.1 Å². The van der Waals surface area contributed by atoms with Gasteiger partial charge in [0.25, 0.3) is 0 Å². The van der Waals surface area contributed by atoms with Crippen LogP contribution in [0.2, 0.25) is 0 Å². The predicted octanol–water partition coefficient (Wildman–Crippen LogP) is 6.96. The van der Waals surface area contributed by atoms with E-state index in [-0.39, 0.29) is 11.8 Å². The van der Waals surface area contributed by atoms with Gasteiger partial charge in [0.2, 0.25) is 0 Å². The van der Waals surface area contributed by atoms with Gasteiger partial charge in [-0.25, -0.2) is 0 Å². The van der Waals surface area contributed by atoms with Gasteiger partial charge >= 0.3 is 0 Å². The minimum Gasteiger partial charge on any atom is -0.361 e. The minimum absolute atomic E-state index is 0.194. The third kappa shape index (κ3) is 2.34. The number of aromatic amines is 3. The number of hydrogen-bond acceptors (Lipinski definition) is 0. The fraction of sp³-hybridized carbons (Fsp3) is 0.0714. The summed E-state index contributed by atoms with van der Waals surface area (Å²) in [5.74, 6) is 0.406. The van der Waals surface area contributed by atoms with Crippen molar-refractivity contribution in [2.45, 2.75) is 11.8 Å². The molecule has 0 aliphatic heterocycles. The van der Waals surface area contributed by atoms with Gasteiger partial charge < -0.3 is 15.0 Å². The first-order chi connectivity index (χ1) is 15.4. The van der Waals surface area contributed by atoms with Crippen molar-refractivity contribution in [2.24, 2.45) is 0 Å². The number of rotatable bonds is 2. The van der Waals surface area contributed by atoms with E-state index in [1.807, 2.05) is 0 Å². The summed E-state index contributed by atoms with van der Waals surface area (Å²) in [6.45, 7) is 0. The van der Waals surface area contributed by atoms with Gasteiger partial charge in [0.1, 0.15) is 0 Å². The molecule has 7 rings (SSSR count). The molecule has 1 aliphatic carbocycles. The van der Waals surface area contributed by atoms with E-state index in [9.17, 15) is 0 Å². The normalized spacial score (nSPS) is 18.2. The van der Waals surface area contributed by atoms with Gasteiger partial charge in [0, 0.05) is 62.6 Å². The zero-order valence-corrected chi connectivity index (χ0v) is 16.9. The summed E-state index contributed by atoms with van der Waals surface area (Å²) in [7, 11) is 0. The van der Waals surface area contributed by atoms with Crippen molar-refractivity contribution in [3.8, 4) is 0 Å². The first kappa shape index (κ1) is 16.8. The lowest BCUT2D eigenvalue weighted by Gasteiger charge is -2.24. The Bertz CT molecular complexity index is 1610. The number of fused-ring (bicyclic) bond motifs is 5. The average Bonchev–Trinajstić information content (AvgIpc) is 3.53. The molecule has 3 aromatic carbocycles. The highest BCUT2D eigenvalue weighted by atomic mass is 14.8. The fourth-order valence-corrected chi connectivity index (χ4v) is 5.40. The number of allylic oxidation sites excluding steroid dienone is 2. The summed E-state index contributed by atoms with van der Waals surface area (Å²) in [4.78, 5) is 10.7. The molecule has 0 saturated carbocycles. The molecule has 3 heterocycles. The second-order valence-electron chi connectivity index (χ2n) is 8.42. The smallest absolute Gasteiger partial charge is 0.0459 e. The second-order valence-corrected chi connectivity index (χ2v) is 8.42. The molecule has 0 amide bonds. The fourth-order valence-electron chi connectivity index (χ4n) is 5.40. The van der Waals surface area contributed by atoms with Crippen molar-refractivity contribution in [3.63, 3.8) is 0 Å². The van der Waals surface area contributed by atoms with Gasteiger partial charge in [-0.05, 0) is 34.9 Å². The molecule has 148 valence electrons. The molecule has 3 aromatic heterocycles. The van der Waals surface area contributed by atoms with E-state index >= 15 is 0 Å². The summed E-state index contributed by atoms with van der Waals surface area (Å²) in [6.07, 6.45) is 9.11. The molecule has 3 N–H and O–H groups in total. The summed E-state index contributed by atoms with van der Waals surface area (Å²) in [5.41, 5.74) is 8.90. The summed E-state index contributed by atoms with van der Waals surface area (Å²) in [6, 6.07) is 25.8. The maximum absolute atomic E-state index is 3.78.